The minimum absolute atomic E-state index is 0.401. The van der Waals surface area contributed by atoms with Gasteiger partial charge in [0.05, 0.1) is 6.61 Å². The van der Waals surface area contributed by atoms with Crippen molar-refractivity contribution in [2.45, 2.75) is 26.7 Å². The third-order valence-corrected chi connectivity index (χ3v) is 4.87. The van der Waals surface area contributed by atoms with E-state index in [1.54, 1.807) is 12.1 Å². The van der Waals surface area contributed by atoms with Gasteiger partial charge in [-0.05, 0) is 48.6 Å². The van der Waals surface area contributed by atoms with Crippen LogP contribution in [0, 0.1) is 6.92 Å². The number of aryl methyl sites for hydroxylation is 1. The molecule has 0 aromatic heterocycles. The predicted octanol–water partition coefficient (Wildman–Crippen LogP) is 6.31. The first-order valence-corrected chi connectivity index (χ1v) is 9.53. The second-order valence-electron chi connectivity index (χ2n) is 6.14. The number of benzene rings is 3. The number of ether oxygens (including phenoxy) is 2. The van der Waals surface area contributed by atoms with Crippen LogP contribution in [0.1, 0.15) is 35.7 Å². The standard InChI is InChI=1S/C22H21BrO3/c1-3-4-13-25-21-17-11-8-12-19(23)18(17)14-15(2)20(21)22(24)26-16-9-6-5-7-10-16/h5-12,14H,3-4,13H2,1-2H3. The number of para-hydroxylation sites is 1. The normalized spacial score (nSPS) is 10.7. The zero-order chi connectivity index (χ0) is 18.5. The van der Waals surface area contributed by atoms with Crippen LogP contribution in [0.4, 0.5) is 0 Å². The van der Waals surface area contributed by atoms with Crippen molar-refractivity contribution in [3.63, 3.8) is 0 Å². The van der Waals surface area contributed by atoms with Crippen molar-refractivity contribution in [1.29, 1.82) is 0 Å². The van der Waals surface area contributed by atoms with E-state index in [1.807, 2.05) is 49.4 Å². The Morgan fingerprint density at radius 2 is 1.81 bits per heavy atom. The lowest BCUT2D eigenvalue weighted by Crippen LogP contribution is -2.13. The van der Waals surface area contributed by atoms with Gasteiger partial charge in [-0.2, -0.15) is 0 Å². The maximum atomic E-state index is 12.9. The number of esters is 1. The molecule has 0 spiro atoms. The fourth-order valence-electron chi connectivity index (χ4n) is 2.85. The molecule has 3 aromatic carbocycles. The Morgan fingerprint density at radius 1 is 1.04 bits per heavy atom. The van der Waals surface area contributed by atoms with E-state index in [2.05, 4.69) is 22.9 Å². The van der Waals surface area contributed by atoms with Crippen molar-refractivity contribution in [1.82, 2.24) is 0 Å². The Morgan fingerprint density at radius 3 is 2.54 bits per heavy atom. The van der Waals surface area contributed by atoms with E-state index < -0.39 is 5.97 Å². The topological polar surface area (TPSA) is 35.5 Å². The predicted molar refractivity (Wildman–Crippen MR) is 108 cm³/mol. The fraction of sp³-hybridized carbons (Fsp3) is 0.227. The van der Waals surface area contributed by atoms with Crippen LogP contribution in [0.15, 0.2) is 59.1 Å². The van der Waals surface area contributed by atoms with E-state index in [0.29, 0.717) is 23.7 Å². The van der Waals surface area contributed by atoms with E-state index >= 15 is 0 Å². The molecule has 0 heterocycles. The van der Waals surface area contributed by atoms with Crippen molar-refractivity contribution in [2.24, 2.45) is 0 Å². The van der Waals surface area contributed by atoms with E-state index in [0.717, 1.165) is 33.7 Å². The monoisotopic (exact) mass is 412 g/mol. The molecular weight excluding hydrogens is 392 g/mol. The highest BCUT2D eigenvalue weighted by Crippen LogP contribution is 2.37. The second-order valence-corrected chi connectivity index (χ2v) is 6.99. The lowest BCUT2D eigenvalue weighted by molar-refractivity contribution is 0.0729. The molecule has 3 aromatic rings. The van der Waals surface area contributed by atoms with Gasteiger partial charge in [-0.3, -0.25) is 0 Å². The lowest BCUT2D eigenvalue weighted by atomic mass is 10.00. The summed E-state index contributed by atoms with van der Waals surface area (Å²) in [6, 6.07) is 17.0. The minimum atomic E-state index is -0.401. The number of rotatable bonds is 6. The summed E-state index contributed by atoms with van der Waals surface area (Å²) in [5, 5.41) is 1.92. The van der Waals surface area contributed by atoms with Gasteiger partial charge in [0.15, 0.2) is 0 Å². The highest BCUT2D eigenvalue weighted by Gasteiger charge is 2.22. The maximum Gasteiger partial charge on any atom is 0.347 e. The van der Waals surface area contributed by atoms with Crippen LogP contribution in [0.3, 0.4) is 0 Å². The molecule has 0 bridgehead atoms. The summed E-state index contributed by atoms with van der Waals surface area (Å²) >= 11 is 3.59. The Labute approximate surface area is 162 Å². The van der Waals surface area contributed by atoms with E-state index in [-0.39, 0.29) is 0 Å². The van der Waals surface area contributed by atoms with E-state index in [9.17, 15) is 4.79 Å². The highest BCUT2D eigenvalue weighted by atomic mass is 79.9. The molecule has 26 heavy (non-hydrogen) atoms. The summed E-state index contributed by atoms with van der Waals surface area (Å²) in [5.74, 6) is 0.712. The zero-order valence-corrected chi connectivity index (χ0v) is 16.5. The number of halogens is 1. The van der Waals surface area contributed by atoms with Crippen LogP contribution < -0.4 is 9.47 Å². The van der Waals surface area contributed by atoms with Gasteiger partial charge in [0.1, 0.15) is 17.1 Å². The molecule has 0 aliphatic rings. The molecular formula is C22H21BrO3. The molecule has 134 valence electrons. The van der Waals surface area contributed by atoms with Crippen LogP contribution in [-0.4, -0.2) is 12.6 Å². The van der Waals surface area contributed by atoms with Gasteiger partial charge in [0.2, 0.25) is 0 Å². The van der Waals surface area contributed by atoms with Gasteiger partial charge < -0.3 is 9.47 Å². The number of hydrogen-bond donors (Lipinski definition) is 0. The van der Waals surface area contributed by atoms with Crippen molar-refractivity contribution in [3.05, 3.63) is 70.2 Å². The zero-order valence-electron chi connectivity index (χ0n) is 14.9. The molecule has 3 rings (SSSR count). The molecule has 0 amide bonds. The third-order valence-electron chi connectivity index (χ3n) is 4.18. The van der Waals surface area contributed by atoms with Crippen LogP contribution in [0.5, 0.6) is 11.5 Å². The Kier molecular flexibility index (Phi) is 5.94. The smallest absolute Gasteiger partial charge is 0.347 e. The van der Waals surface area contributed by atoms with Gasteiger partial charge in [-0.1, -0.05) is 59.6 Å². The van der Waals surface area contributed by atoms with Gasteiger partial charge in [-0.25, -0.2) is 4.79 Å². The fourth-order valence-corrected chi connectivity index (χ4v) is 3.33. The number of fused-ring (bicyclic) bond motifs is 1. The molecule has 4 heteroatoms. The van der Waals surface area contributed by atoms with Crippen molar-refractivity contribution in [2.75, 3.05) is 6.61 Å². The molecule has 0 aliphatic heterocycles. The Hall–Kier alpha value is -2.33. The number of unbranched alkanes of at least 4 members (excludes halogenated alkanes) is 1. The molecule has 0 aliphatic carbocycles. The van der Waals surface area contributed by atoms with E-state index in [4.69, 9.17) is 9.47 Å². The first kappa shape index (κ1) is 18.5. The van der Waals surface area contributed by atoms with Crippen LogP contribution in [0.2, 0.25) is 0 Å². The third kappa shape index (κ3) is 3.91. The molecule has 0 unspecified atom stereocenters. The number of hydrogen-bond acceptors (Lipinski definition) is 3. The van der Waals surface area contributed by atoms with Crippen molar-refractivity contribution < 1.29 is 14.3 Å². The first-order valence-electron chi connectivity index (χ1n) is 8.73. The Balaban J connectivity index is 2.08. The molecule has 0 fully saturated rings. The molecule has 0 saturated heterocycles. The van der Waals surface area contributed by atoms with Crippen molar-refractivity contribution in [3.8, 4) is 11.5 Å². The van der Waals surface area contributed by atoms with Gasteiger partial charge in [0.25, 0.3) is 0 Å². The molecule has 0 saturated carbocycles. The maximum absolute atomic E-state index is 12.9. The van der Waals surface area contributed by atoms with Gasteiger partial charge in [0, 0.05) is 9.86 Å². The lowest BCUT2D eigenvalue weighted by Gasteiger charge is -2.17. The van der Waals surface area contributed by atoms with Crippen molar-refractivity contribution >= 4 is 32.7 Å². The minimum Gasteiger partial charge on any atom is -0.492 e. The summed E-state index contributed by atoms with van der Waals surface area (Å²) in [7, 11) is 0. The average Bonchev–Trinajstić information content (AvgIpc) is 2.63. The largest absolute Gasteiger partial charge is 0.492 e. The van der Waals surface area contributed by atoms with Crippen LogP contribution in [-0.2, 0) is 0 Å². The summed E-state index contributed by atoms with van der Waals surface area (Å²) in [4.78, 5) is 12.9. The summed E-state index contributed by atoms with van der Waals surface area (Å²) < 4.78 is 12.6. The summed E-state index contributed by atoms with van der Waals surface area (Å²) in [6.07, 6.45) is 1.95. The SMILES string of the molecule is CCCCOc1c(C(=O)Oc2ccccc2)c(C)cc2c(Br)cccc12. The average molecular weight is 413 g/mol. The number of carbonyl (C=O) groups is 1. The van der Waals surface area contributed by atoms with Gasteiger partial charge in [-0.15, -0.1) is 0 Å². The second kappa shape index (κ2) is 8.37. The summed E-state index contributed by atoms with van der Waals surface area (Å²) in [5.41, 5.74) is 1.31. The molecule has 0 atom stereocenters. The molecule has 3 nitrogen and oxygen atoms in total. The molecule has 0 N–H and O–H groups in total. The van der Waals surface area contributed by atoms with E-state index in [1.165, 1.54) is 0 Å². The molecule has 0 radical (unpaired) electrons. The first-order chi connectivity index (χ1) is 12.6. The highest BCUT2D eigenvalue weighted by molar-refractivity contribution is 9.10. The van der Waals surface area contributed by atoms with Crippen LogP contribution >= 0.6 is 15.9 Å². The Bertz CT molecular complexity index is 920. The van der Waals surface area contributed by atoms with Gasteiger partial charge >= 0.3 is 5.97 Å². The quantitative estimate of drug-likeness (QED) is 0.270. The summed E-state index contributed by atoms with van der Waals surface area (Å²) in [6.45, 7) is 4.58. The number of carbonyl (C=O) groups excluding carboxylic acids is 1. The van der Waals surface area contributed by atoms with Crippen LogP contribution in [0.25, 0.3) is 10.8 Å².